The van der Waals surface area contributed by atoms with Crippen LogP contribution in [0.15, 0.2) is 60.8 Å². The smallest absolute Gasteiger partial charge is 0.272 e. The van der Waals surface area contributed by atoms with Crippen LogP contribution in [0.2, 0.25) is 0 Å². The van der Waals surface area contributed by atoms with Gasteiger partial charge < -0.3 is 10.1 Å². The molecular weight excluding hydrogens is 345 g/mol. The summed E-state index contributed by atoms with van der Waals surface area (Å²) in [6, 6.07) is 15.5. The zero-order valence-electron chi connectivity index (χ0n) is 15.2. The second-order valence-electron chi connectivity index (χ2n) is 6.13. The van der Waals surface area contributed by atoms with Crippen molar-refractivity contribution in [3.8, 4) is 11.4 Å². The van der Waals surface area contributed by atoms with Crippen molar-refractivity contribution in [2.45, 2.75) is 26.3 Å². The van der Waals surface area contributed by atoms with E-state index in [2.05, 4.69) is 17.3 Å². The molecule has 1 aromatic heterocycles. The number of carbonyl (C=O) groups excluding carboxylic acids is 1. The maximum atomic E-state index is 13.8. The van der Waals surface area contributed by atoms with Crippen molar-refractivity contribution >= 4 is 5.91 Å². The molecule has 0 saturated carbocycles. The minimum Gasteiger partial charge on any atom is -0.494 e. The standard InChI is InChI=1S/C21H22FN3O2/c1-2-3-13-27-17-8-6-7-16(14-17)15-23-21(26)19-11-12-25(24-19)20-10-5-4-9-18(20)22/h4-12,14H,2-3,13,15H2,1H3,(H,23,26). The number of rotatable bonds is 8. The normalized spacial score (nSPS) is 10.6. The van der Waals surface area contributed by atoms with E-state index < -0.39 is 5.82 Å². The third-order valence-corrected chi connectivity index (χ3v) is 4.04. The van der Waals surface area contributed by atoms with Gasteiger partial charge in [-0.3, -0.25) is 4.79 Å². The molecule has 27 heavy (non-hydrogen) atoms. The first-order valence-corrected chi connectivity index (χ1v) is 8.98. The molecule has 0 bridgehead atoms. The van der Waals surface area contributed by atoms with Crippen molar-refractivity contribution in [1.29, 1.82) is 0 Å². The Bertz CT molecular complexity index is 908. The van der Waals surface area contributed by atoms with E-state index in [0.29, 0.717) is 18.8 Å². The second kappa shape index (κ2) is 8.98. The Morgan fingerprint density at radius 2 is 2.04 bits per heavy atom. The number of aromatic nitrogens is 2. The quantitative estimate of drug-likeness (QED) is 0.609. The number of hydrogen-bond acceptors (Lipinski definition) is 3. The summed E-state index contributed by atoms with van der Waals surface area (Å²) in [7, 11) is 0. The van der Waals surface area contributed by atoms with Crippen molar-refractivity contribution in [3.05, 3.63) is 77.9 Å². The number of amides is 1. The fourth-order valence-electron chi connectivity index (χ4n) is 2.57. The summed E-state index contributed by atoms with van der Waals surface area (Å²) in [6.07, 6.45) is 3.65. The molecule has 5 nitrogen and oxygen atoms in total. The molecule has 0 aliphatic heterocycles. The van der Waals surface area contributed by atoms with Crippen LogP contribution in [-0.4, -0.2) is 22.3 Å². The molecule has 3 rings (SSSR count). The van der Waals surface area contributed by atoms with E-state index >= 15 is 0 Å². The van der Waals surface area contributed by atoms with E-state index in [-0.39, 0.29) is 11.6 Å². The summed E-state index contributed by atoms with van der Waals surface area (Å²) < 4.78 is 20.9. The first kappa shape index (κ1) is 18.6. The SMILES string of the molecule is CCCCOc1cccc(CNC(=O)c2ccn(-c3ccccc3F)n2)c1. The number of unbranched alkanes of at least 4 members (excludes halogenated alkanes) is 1. The lowest BCUT2D eigenvalue weighted by molar-refractivity contribution is 0.0945. The van der Waals surface area contributed by atoms with Crippen LogP contribution >= 0.6 is 0 Å². The van der Waals surface area contributed by atoms with Crippen LogP contribution < -0.4 is 10.1 Å². The van der Waals surface area contributed by atoms with Gasteiger partial charge in [0.15, 0.2) is 5.69 Å². The lowest BCUT2D eigenvalue weighted by atomic mass is 10.2. The predicted octanol–water partition coefficient (Wildman–Crippen LogP) is 4.12. The zero-order valence-corrected chi connectivity index (χ0v) is 15.2. The van der Waals surface area contributed by atoms with Gasteiger partial charge in [0.1, 0.15) is 17.3 Å². The minimum atomic E-state index is -0.396. The molecule has 1 heterocycles. The van der Waals surface area contributed by atoms with E-state index in [4.69, 9.17) is 4.74 Å². The maximum Gasteiger partial charge on any atom is 0.272 e. The number of nitrogens with one attached hydrogen (secondary N) is 1. The van der Waals surface area contributed by atoms with Crippen LogP contribution in [-0.2, 0) is 6.54 Å². The summed E-state index contributed by atoms with van der Waals surface area (Å²) in [5.74, 6) is 0.0777. The molecule has 0 spiro atoms. The Hall–Kier alpha value is -3.15. The van der Waals surface area contributed by atoms with E-state index in [1.165, 1.54) is 10.7 Å². The van der Waals surface area contributed by atoms with Crippen LogP contribution in [0.1, 0.15) is 35.8 Å². The molecule has 0 unspecified atom stereocenters. The fraction of sp³-hybridized carbons (Fsp3) is 0.238. The van der Waals surface area contributed by atoms with E-state index in [9.17, 15) is 9.18 Å². The predicted molar refractivity (Wildman–Crippen MR) is 102 cm³/mol. The van der Waals surface area contributed by atoms with Crippen molar-refractivity contribution in [2.24, 2.45) is 0 Å². The second-order valence-corrected chi connectivity index (χ2v) is 6.13. The summed E-state index contributed by atoms with van der Waals surface area (Å²) in [5.41, 5.74) is 1.47. The maximum absolute atomic E-state index is 13.8. The number of ether oxygens (including phenoxy) is 1. The summed E-state index contributed by atoms with van der Waals surface area (Å²) in [5, 5.41) is 6.99. The highest BCUT2D eigenvalue weighted by atomic mass is 19.1. The zero-order chi connectivity index (χ0) is 19.1. The molecule has 1 N–H and O–H groups in total. The molecule has 2 aromatic carbocycles. The van der Waals surface area contributed by atoms with Crippen LogP contribution in [0, 0.1) is 5.82 Å². The van der Waals surface area contributed by atoms with Crippen molar-refractivity contribution in [2.75, 3.05) is 6.61 Å². The molecule has 6 heteroatoms. The van der Waals surface area contributed by atoms with Crippen LogP contribution in [0.3, 0.4) is 0 Å². The first-order valence-electron chi connectivity index (χ1n) is 8.98. The van der Waals surface area contributed by atoms with Crippen molar-refractivity contribution < 1.29 is 13.9 Å². The molecule has 0 fully saturated rings. The molecule has 3 aromatic rings. The van der Waals surface area contributed by atoms with Gasteiger partial charge in [-0.2, -0.15) is 5.10 Å². The van der Waals surface area contributed by atoms with E-state index in [1.807, 2.05) is 24.3 Å². The number of halogens is 1. The third kappa shape index (κ3) is 4.94. The lowest BCUT2D eigenvalue weighted by Crippen LogP contribution is -2.23. The number of benzene rings is 2. The number of hydrogen-bond donors (Lipinski definition) is 1. The number of carbonyl (C=O) groups is 1. The summed E-state index contributed by atoms with van der Waals surface area (Å²) >= 11 is 0. The van der Waals surface area contributed by atoms with Crippen LogP contribution in [0.5, 0.6) is 5.75 Å². The molecule has 140 valence electrons. The number of para-hydroxylation sites is 1. The third-order valence-electron chi connectivity index (χ3n) is 4.04. The highest BCUT2D eigenvalue weighted by Crippen LogP contribution is 2.15. The monoisotopic (exact) mass is 367 g/mol. The van der Waals surface area contributed by atoms with Gasteiger partial charge in [-0.05, 0) is 42.3 Å². The van der Waals surface area contributed by atoms with Gasteiger partial charge in [-0.25, -0.2) is 9.07 Å². The largest absolute Gasteiger partial charge is 0.494 e. The van der Waals surface area contributed by atoms with Crippen LogP contribution in [0.25, 0.3) is 5.69 Å². The Morgan fingerprint density at radius 3 is 2.85 bits per heavy atom. The Morgan fingerprint density at radius 1 is 1.19 bits per heavy atom. The van der Waals surface area contributed by atoms with Crippen molar-refractivity contribution in [3.63, 3.8) is 0 Å². The molecule has 0 aliphatic rings. The van der Waals surface area contributed by atoms with Gasteiger partial charge in [0.2, 0.25) is 0 Å². The highest BCUT2D eigenvalue weighted by Gasteiger charge is 2.12. The van der Waals surface area contributed by atoms with Crippen molar-refractivity contribution in [1.82, 2.24) is 15.1 Å². The molecule has 0 saturated heterocycles. The summed E-state index contributed by atoms with van der Waals surface area (Å²) in [6.45, 7) is 3.15. The molecule has 0 radical (unpaired) electrons. The van der Waals surface area contributed by atoms with Gasteiger partial charge in [0.25, 0.3) is 5.91 Å². The Labute approximate surface area is 157 Å². The Balaban J connectivity index is 1.60. The lowest BCUT2D eigenvalue weighted by Gasteiger charge is -2.08. The van der Waals surface area contributed by atoms with Gasteiger partial charge in [0.05, 0.1) is 6.61 Å². The highest BCUT2D eigenvalue weighted by molar-refractivity contribution is 5.92. The molecule has 0 atom stereocenters. The van der Waals surface area contributed by atoms with E-state index in [1.54, 1.807) is 30.5 Å². The first-order chi connectivity index (χ1) is 13.2. The molecule has 0 aliphatic carbocycles. The van der Waals surface area contributed by atoms with Gasteiger partial charge in [-0.15, -0.1) is 0 Å². The van der Waals surface area contributed by atoms with E-state index in [0.717, 1.165) is 24.2 Å². The van der Waals surface area contributed by atoms with Gasteiger partial charge >= 0.3 is 0 Å². The Kier molecular flexibility index (Phi) is 6.20. The topological polar surface area (TPSA) is 56.1 Å². The summed E-state index contributed by atoms with van der Waals surface area (Å²) in [4.78, 5) is 12.3. The molecular formula is C21H22FN3O2. The average molecular weight is 367 g/mol. The average Bonchev–Trinajstić information content (AvgIpc) is 3.17. The number of nitrogens with zero attached hydrogens (tertiary/aromatic N) is 2. The fourth-order valence-corrected chi connectivity index (χ4v) is 2.57. The van der Waals surface area contributed by atoms with Gasteiger partial charge in [0, 0.05) is 12.7 Å². The van der Waals surface area contributed by atoms with Gasteiger partial charge in [-0.1, -0.05) is 37.6 Å². The molecule has 1 amide bonds. The van der Waals surface area contributed by atoms with Crippen LogP contribution in [0.4, 0.5) is 4.39 Å². The minimum absolute atomic E-state index is 0.230.